The van der Waals surface area contributed by atoms with E-state index in [9.17, 15) is 10.1 Å². The van der Waals surface area contributed by atoms with Crippen molar-refractivity contribution < 1.29 is 4.79 Å². The standard InChI is InChI=1S/C14H15N5OS2/c1-8-16-14(19-18-8)21-7-12(20)17-13-10(6-15)9-4-2-3-5-11(9)22-13/h2-5,7H2,1H3,(H,17,20)(H,16,18,19). The van der Waals surface area contributed by atoms with Crippen molar-refractivity contribution in [3.63, 3.8) is 0 Å². The lowest BCUT2D eigenvalue weighted by Gasteiger charge is -2.09. The number of fused-ring (bicyclic) bond motifs is 1. The van der Waals surface area contributed by atoms with E-state index in [0.29, 0.717) is 15.7 Å². The maximum atomic E-state index is 12.1. The van der Waals surface area contributed by atoms with Gasteiger partial charge in [-0.25, -0.2) is 4.98 Å². The molecule has 0 aliphatic heterocycles. The molecule has 0 saturated heterocycles. The number of nitrogens with zero attached hydrogens (tertiary/aromatic N) is 3. The van der Waals surface area contributed by atoms with Crippen LogP contribution in [0.1, 0.15) is 34.7 Å². The zero-order valence-electron chi connectivity index (χ0n) is 12.1. The van der Waals surface area contributed by atoms with E-state index >= 15 is 0 Å². The molecule has 1 aliphatic rings. The average molecular weight is 333 g/mol. The fraction of sp³-hybridized carbons (Fsp3) is 0.429. The van der Waals surface area contributed by atoms with Crippen molar-refractivity contribution >= 4 is 34.0 Å². The van der Waals surface area contributed by atoms with Crippen molar-refractivity contribution in [3.05, 3.63) is 21.8 Å². The molecular formula is C14H15N5OS2. The quantitative estimate of drug-likeness (QED) is 0.839. The molecule has 0 fully saturated rings. The minimum atomic E-state index is -0.137. The molecule has 0 radical (unpaired) electrons. The van der Waals surface area contributed by atoms with Crippen LogP contribution in [0.15, 0.2) is 5.16 Å². The molecule has 2 aromatic rings. The SMILES string of the molecule is Cc1nc(SCC(=O)Nc2sc3c(c2C#N)CCCC3)n[nH]1. The van der Waals surface area contributed by atoms with Gasteiger partial charge < -0.3 is 5.32 Å². The van der Waals surface area contributed by atoms with Crippen LogP contribution in [0.3, 0.4) is 0 Å². The molecule has 0 saturated carbocycles. The summed E-state index contributed by atoms with van der Waals surface area (Å²) in [5, 5.41) is 20.2. The molecular weight excluding hydrogens is 318 g/mol. The molecule has 3 rings (SSSR count). The number of aryl methyl sites for hydroxylation is 2. The Bertz CT molecular complexity index is 743. The second kappa shape index (κ2) is 6.50. The van der Waals surface area contributed by atoms with Gasteiger partial charge in [-0.1, -0.05) is 11.8 Å². The fourth-order valence-electron chi connectivity index (χ4n) is 2.45. The number of nitrogens with one attached hydrogen (secondary N) is 2. The Labute approximate surface area is 136 Å². The molecule has 0 atom stereocenters. The number of rotatable bonds is 4. The molecule has 0 bridgehead atoms. The normalized spacial score (nSPS) is 13.5. The van der Waals surface area contributed by atoms with Gasteiger partial charge in [0.15, 0.2) is 0 Å². The highest BCUT2D eigenvalue weighted by atomic mass is 32.2. The number of nitriles is 1. The molecule has 0 spiro atoms. The number of aromatic nitrogens is 3. The lowest BCUT2D eigenvalue weighted by Crippen LogP contribution is -2.14. The second-order valence-corrected chi connectivity index (χ2v) is 7.11. The van der Waals surface area contributed by atoms with Gasteiger partial charge in [0.05, 0.1) is 11.3 Å². The van der Waals surface area contributed by atoms with Crippen molar-refractivity contribution in [2.75, 3.05) is 11.1 Å². The lowest BCUT2D eigenvalue weighted by atomic mass is 9.96. The predicted molar refractivity (Wildman–Crippen MR) is 86.1 cm³/mol. The van der Waals surface area contributed by atoms with Crippen LogP contribution in [0.4, 0.5) is 5.00 Å². The average Bonchev–Trinajstić information content (AvgIpc) is 3.08. The van der Waals surface area contributed by atoms with Gasteiger partial charge in [-0.15, -0.1) is 16.4 Å². The summed E-state index contributed by atoms with van der Waals surface area (Å²) in [5.74, 6) is 0.813. The van der Waals surface area contributed by atoms with Crippen LogP contribution in [0.2, 0.25) is 0 Å². The molecule has 0 unspecified atom stereocenters. The monoisotopic (exact) mass is 333 g/mol. The number of thioether (sulfide) groups is 1. The Morgan fingerprint density at radius 2 is 2.32 bits per heavy atom. The lowest BCUT2D eigenvalue weighted by molar-refractivity contribution is -0.113. The summed E-state index contributed by atoms with van der Waals surface area (Å²) in [6.07, 6.45) is 4.23. The number of carbonyl (C=O) groups is 1. The third kappa shape index (κ3) is 3.15. The van der Waals surface area contributed by atoms with E-state index in [2.05, 4.69) is 26.6 Å². The van der Waals surface area contributed by atoms with Gasteiger partial charge in [0.2, 0.25) is 11.1 Å². The smallest absolute Gasteiger partial charge is 0.235 e. The van der Waals surface area contributed by atoms with Crippen molar-refractivity contribution in [3.8, 4) is 6.07 Å². The number of thiophene rings is 1. The summed E-state index contributed by atoms with van der Waals surface area (Å²) in [6.45, 7) is 1.81. The number of carbonyl (C=O) groups excluding carboxylic acids is 1. The zero-order chi connectivity index (χ0) is 15.5. The van der Waals surface area contributed by atoms with Gasteiger partial charge in [0.1, 0.15) is 16.9 Å². The number of hydrogen-bond donors (Lipinski definition) is 2. The van der Waals surface area contributed by atoms with E-state index in [1.165, 1.54) is 28.0 Å². The van der Waals surface area contributed by atoms with Gasteiger partial charge >= 0.3 is 0 Å². The van der Waals surface area contributed by atoms with Gasteiger partial charge in [-0.3, -0.25) is 9.89 Å². The molecule has 1 amide bonds. The first kappa shape index (κ1) is 15.1. The highest BCUT2D eigenvalue weighted by Crippen LogP contribution is 2.37. The van der Waals surface area contributed by atoms with Gasteiger partial charge in [0.25, 0.3) is 0 Å². The molecule has 22 heavy (non-hydrogen) atoms. The Hall–Kier alpha value is -1.85. The Balaban J connectivity index is 1.66. The summed E-state index contributed by atoms with van der Waals surface area (Å²) in [7, 11) is 0. The number of hydrogen-bond acceptors (Lipinski definition) is 6. The van der Waals surface area contributed by atoms with Crippen LogP contribution in [0.25, 0.3) is 0 Å². The maximum Gasteiger partial charge on any atom is 0.235 e. The molecule has 114 valence electrons. The summed E-state index contributed by atoms with van der Waals surface area (Å²) in [5.41, 5.74) is 1.78. The van der Waals surface area contributed by atoms with E-state index in [1.54, 1.807) is 0 Å². The number of H-pyrrole nitrogens is 1. The molecule has 2 N–H and O–H groups in total. The molecule has 2 aromatic heterocycles. The topological polar surface area (TPSA) is 94.5 Å². The van der Waals surface area contributed by atoms with Gasteiger partial charge in [-0.2, -0.15) is 5.26 Å². The maximum absolute atomic E-state index is 12.1. The van der Waals surface area contributed by atoms with Gasteiger partial charge in [-0.05, 0) is 38.2 Å². The van der Waals surface area contributed by atoms with Crippen molar-refractivity contribution in [2.24, 2.45) is 0 Å². The molecule has 8 heteroatoms. The van der Waals surface area contributed by atoms with E-state index in [-0.39, 0.29) is 11.7 Å². The van der Waals surface area contributed by atoms with E-state index in [0.717, 1.165) is 37.1 Å². The first-order valence-electron chi connectivity index (χ1n) is 7.03. The first-order chi connectivity index (χ1) is 10.7. The second-order valence-electron chi connectivity index (χ2n) is 5.07. The third-order valence-electron chi connectivity index (χ3n) is 3.45. The number of aromatic amines is 1. The van der Waals surface area contributed by atoms with E-state index in [1.807, 2.05) is 6.92 Å². The number of anilines is 1. The van der Waals surface area contributed by atoms with E-state index in [4.69, 9.17) is 0 Å². The highest BCUT2D eigenvalue weighted by Gasteiger charge is 2.21. The van der Waals surface area contributed by atoms with Crippen molar-refractivity contribution in [2.45, 2.75) is 37.8 Å². The predicted octanol–water partition coefficient (Wildman–Crippen LogP) is 2.66. The molecule has 1 aliphatic carbocycles. The summed E-state index contributed by atoms with van der Waals surface area (Å²) < 4.78 is 0. The first-order valence-corrected chi connectivity index (χ1v) is 8.84. The third-order valence-corrected chi connectivity index (χ3v) is 5.50. The Morgan fingerprint density at radius 3 is 3.05 bits per heavy atom. The summed E-state index contributed by atoms with van der Waals surface area (Å²) >= 11 is 2.81. The van der Waals surface area contributed by atoms with Gasteiger partial charge in [0, 0.05) is 4.88 Å². The van der Waals surface area contributed by atoms with Crippen molar-refractivity contribution in [1.82, 2.24) is 15.2 Å². The van der Waals surface area contributed by atoms with Crippen LogP contribution in [0.5, 0.6) is 0 Å². The highest BCUT2D eigenvalue weighted by molar-refractivity contribution is 7.99. The minimum absolute atomic E-state index is 0.137. The van der Waals surface area contributed by atoms with Crippen LogP contribution < -0.4 is 5.32 Å². The van der Waals surface area contributed by atoms with Crippen LogP contribution >= 0.6 is 23.1 Å². The van der Waals surface area contributed by atoms with Crippen LogP contribution in [0, 0.1) is 18.3 Å². The zero-order valence-corrected chi connectivity index (χ0v) is 13.7. The van der Waals surface area contributed by atoms with E-state index < -0.39 is 0 Å². The minimum Gasteiger partial charge on any atom is -0.316 e. The van der Waals surface area contributed by atoms with Crippen LogP contribution in [-0.2, 0) is 17.6 Å². The number of amides is 1. The molecule has 0 aromatic carbocycles. The fourth-order valence-corrected chi connectivity index (χ4v) is 4.35. The summed E-state index contributed by atoms with van der Waals surface area (Å²) in [6, 6.07) is 2.25. The van der Waals surface area contributed by atoms with Crippen molar-refractivity contribution in [1.29, 1.82) is 5.26 Å². The largest absolute Gasteiger partial charge is 0.316 e. The summed E-state index contributed by atoms with van der Waals surface area (Å²) in [4.78, 5) is 17.5. The molecule has 2 heterocycles. The molecule has 6 nitrogen and oxygen atoms in total. The van der Waals surface area contributed by atoms with Crippen LogP contribution in [-0.4, -0.2) is 26.8 Å². The Kier molecular flexibility index (Phi) is 4.45. The Morgan fingerprint density at radius 1 is 1.50 bits per heavy atom.